The molecule has 0 unspecified atom stereocenters. The van der Waals surface area contributed by atoms with E-state index in [4.69, 9.17) is 4.52 Å². The third kappa shape index (κ3) is 2.04. The normalized spacial score (nSPS) is 23.4. The van der Waals surface area contributed by atoms with Crippen molar-refractivity contribution in [3.63, 3.8) is 0 Å². The molecule has 1 aliphatic rings. The summed E-state index contributed by atoms with van der Waals surface area (Å²) in [5.74, 6) is 1.84. The molecule has 1 aromatic heterocycles. The van der Waals surface area contributed by atoms with Crippen LogP contribution < -0.4 is 5.32 Å². The Morgan fingerprint density at radius 3 is 2.83 bits per heavy atom. The SMILES string of the molecule is CN[C@@H]1CCC[C@H]1c1noc(-c2ccccc2)n1. The van der Waals surface area contributed by atoms with E-state index in [0.717, 1.165) is 17.8 Å². The molecule has 2 aromatic rings. The van der Waals surface area contributed by atoms with Gasteiger partial charge in [-0.05, 0) is 32.0 Å². The lowest BCUT2D eigenvalue weighted by atomic mass is 10.0. The summed E-state index contributed by atoms with van der Waals surface area (Å²) < 4.78 is 5.37. The van der Waals surface area contributed by atoms with Crippen LogP contribution >= 0.6 is 0 Å². The maximum absolute atomic E-state index is 5.37. The van der Waals surface area contributed by atoms with Crippen molar-refractivity contribution in [1.29, 1.82) is 0 Å². The second-order valence-corrected chi connectivity index (χ2v) is 4.76. The molecule has 94 valence electrons. The molecule has 4 heteroatoms. The molecule has 0 radical (unpaired) electrons. The van der Waals surface area contributed by atoms with Gasteiger partial charge >= 0.3 is 0 Å². The summed E-state index contributed by atoms with van der Waals surface area (Å²) >= 11 is 0. The smallest absolute Gasteiger partial charge is 0.257 e. The van der Waals surface area contributed by atoms with Crippen molar-refractivity contribution in [2.45, 2.75) is 31.2 Å². The Balaban J connectivity index is 1.86. The number of hydrogen-bond acceptors (Lipinski definition) is 4. The van der Waals surface area contributed by atoms with E-state index in [1.165, 1.54) is 12.8 Å². The van der Waals surface area contributed by atoms with E-state index in [0.29, 0.717) is 17.9 Å². The first-order valence-electron chi connectivity index (χ1n) is 6.45. The van der Waals surface area contributed by atoms with E-state index >= 15 is 0 Å². The van der Waals surface area contributed by atoms with E-state index in [2.05, 4.69) is 15.5 Å². The zero-order valence-corrected chi connectivity index (χ0v) is 10.5. The van der Waals surface area contributed by atoms with Crippen LogP contribution in [0, 0.1) is 0 Å². The van der Waals surface area contributed by atoms with Crippen LogP contribution in [0.1, 0.15) is 31.0 Å². The molecule has 0 spiro atoms. The quantitative estimate of drug-likeness (QED) is 0.900. The zero-order valence-electron chi connectivity index (χ0n) is 10.5. The number of likely N-dealkylation sites (N-methyl/N-ethyl adjacent to an activating group) is 1. The maximum atomic E-state index is 5.37. The van der Waals surface area contributed by atoms with Gasteiger partial charge in [0, 0.05) is 17.5 Å². The van der Waals surface area contributed by atoms with Crippen molar-refractivity contribution < 1.29 is 4.52 Å². The Morgan fingerprint density at radius 1 is 1.22 bits per heavy atom. The van der Waals surface area contributed by atoms with Gasteiger partial charge in [0.05, 0.1) is 0 Å². The predicted molar refractivity (Wildman–Crippen MR) is 69.2 cm³/mol. The van der Waals surface area contributed by atoms with Crippen LogP contribution in [0.2, 0.25) is 0 Å². The second kappa shape index (κ2) is 4.90. The van der Waals surface area contributed by atoms with Gasteiger partial charge in [-0.3, -0.25) is 0 Å². The van der Waals surface area contributed by atoms with Gasteiger partial charge < -0.3 is 9.84 Å². The lowest BCUT2D eigenvalue weighted by molar-refractivity contribution is 0.406. The van der Waals surface area contributed by atoms with Gasteiger partial charge in [0.25, 0.3) is 5.89 Å². The highest BCUT2D eigenvalue weighted by Crippen LogP contribution is 2.33. The van der Waals surface area contributed by atoms with E-state index in [-0.39, 0.29) is 0 Å². The van der Waals surface area contributed by atoms with Crippen LogP contribution in [0.3, 0.4) is 0 Å². The van der Waals surface area contributed by atoms with Crippen LogP contribution in [0.15, 0.2) is 34.9 Å². The third-order valence-electron chi connectivity index (χ3n) is 3.68. The second-order valence-electron chi connectivity index (χ2n) is 4.76. The predicted octanol–water partition coefficient (Wildman–Crippen LogP) is 2.59. The van der Waals surface area contributed by atoms with Gasteiger partial charge in [0.1, 0.15) is 0 Å². The molecule has 2 atom stereocenters. The molecule has 3 rings (SSSR count). The molecule has 0 aliphatic heterocycles. The maximum Gasteiger partial charge on any atom is 0.257 e. The monoisotopic (exact) mass is 243 g/mol. The molecule has 1 heterocycles. The minimum Gasteiger partial charge on any atom is -0.334 e. The van der Waals surface area contributed by atoms with E-state index in [1.54, 1.807) is 0 Å². The Kier molecular flexibility index (Phi) is 3.11. The molecular formula is C14H17N3O. The van der Waals surface area contributed by atoms with Gasteiger partial charge in [0.15, 0.2) is 5.82 Å². The van der Waals surface area contributed by atoms with Crippen LogP contribution in [0.5, 0.6) is 0 Å². The first kappa shape index (κ1) is 11.4. The summed E-state index contributed by atoms with van der Waals surface area (Å²) in [6.07, 6.45) is 3.56. The highest BCUT2D eigenvalue weighted by Gasteiger charge is 2.31. The van der Waals surface area contributed by atoms with Crippen molar-refractivity contribution in [1.82, 2.24) is 15.5 Å². The average molecular weight is 243 g/mol. The lowest BCUT2D eigenvalue weighted by Gasteiger charge is -2.14. The van der Waals surface area contributed by atoms with Gasteiger partial charge in [-0.2, -0.15) is 4.98 Å². The van der Waals surface area contributed by atoms with Gasteiger partial charge in [-0.1, -0.05) is 29.8 Å². The highest BCUT2D eigenvalue weighted by atomic mass is 16.5. The van der Waals surface area contributed by atoms with Crippen molar-refractivity contribution >= 4 is 0 Å². The molecule has 1 saturated carbocycles. The van der Waals surface area contributed by atoms with Gasteiger partial charge in [0.2, 0.25) is 0 Å². The molecule has 0 saturated heterocycles. The third-order valence-corrected chi connectivity index (χ3v) is 3.68. The Morgan fingerprint density at radius 2 is 2.06 bits per heavy atom. The van der Waals surface area contributed by atoms with E-state index in [9.17, 15) is 0 Å². The fourth-order valence-corrected chi connectivity index (χ4v) is 2.70. The minimum absolute atomic E-state index is 0.385. The van der Waals surface area contributed by atoms with Crippen LogP contribution in [0.4, 0.5) is 0 Å². The van der Waals surface area contributed by atoms with Crippen molar-refractivity contribution in [2.75, 3.05) is 7.05 Å². The largest absolute Gasteiger partial charge is 0.334 e. The van der Waals surface area contributed by atoms with Crippen LogP contribution in [0.25, 0.3) is 11.5 Å². The number of aromatic nitrogens is 2. The summed E-state index contributed by atoms with van der Waals surface area (Å²) in [7, 11) is 2.00. The summed E-state index contributed by atoms with van der Waals surface area (Å²) in [4.78, 5) is 4.54. The molecule has 1 aliphatic carbocycles. The summed E-state index contributed by atoms with van der Waals surface area (Å²) in [5.41, 5.74) is 0.982. The molecular weight excluding hydrogens is 226 g/mol. The summed E-state index contributed by atoms with van der Waals surface area (Å²) in [6, 6.07) is 10.4. The number of rotatable bonds is 3. The topological polar surface area (TPSA) is 51.0 Å². The van der Waals surface area contributed by atoms with Gasteiger partial charge in [-0.25, -0.2) is 0 Å². The van der Waals surface area contributed by atoms with Crippen molar-refractivity contribution in [3.8, 4) is 11.5 Å². The van der Waals surface area contributed by atoms with E-state index < -0.39 is 0 Å². The van der Waals surface area contributed by atoms with E-state index in [1.807, 2.05) is 37.4 Å². The standard InChI is InChI=1S/C14H17N3O/c1-15-12-9-5-8-11(12)13-16-14(18-17-13)10-6-3-2-4-7-10/h2-4,6-7,11-12,15H,5,8-9H2,1H3/t11-,12-/m1/s1. The molecule has 4 nitrogen and oxygen atoms in total. The molecule has 0 amide bonds. The first-order chi connectivity index (χ1) is 8.88. The molecule has 1 N–H and O–H groups in total. The summed E-state index contributed by atoms with van der Waals surface area (Å²) in [5, 5.41) is 7.49. The highest BCUT2D eigenvalue weighted by molar-refractivity contribution is 5.52. The average Bonchev–Trinajstić information content (AvgIpc) is 3.08. The first-order valence-corrected chi connectivity index (χ1v) is 6.45. The molecule has 1 fully saturated rings. The van der Waals surface area contributed by atoms with Crippen LogP contribution in [-0.4, -0.2) is 23.2 Å². The number of nitrogens with zero attached hydrogens (tertiary/aromatic N) is 2. The Hall–Kier alpha value is -1.68. The number of nitrogens with one attached hydrogen (secondary N) is 1. The summed E-state index contributed by atoms with van der Waals surface area (Å²) in [6.45, 7) is 0. The van der Waals surface area contributed by atoms with Crippen molar-refractivity contribution in [2.24, 2.45) is 0 Å². The molecule has 18 heavy (non-hydrogen) atoms. The minimum atomic E-state index is 0.385. The van der Waals surface area contributed by atoms with Crippen LogP contribution in [-0.2, 0) is 0 Å². The van der Waals surface area contributed by atoms with Gasteiger partial charge in [-0.15, -0.1) is 0 Å². The number of hydrogen-bond donors (Lipinski definition) is 1. The lowest BCUT2D eigenvalue weighted by Crippen LogP contribution is -2.28. The molecule has 1 aromatic carbocycles. The fourth-order valence-electron chi connectivity index (χ4n) is 2.70. The van der Waals surface area contributed by atoms with Crippen molar-refractivity contribution in [3.05, 3.63) is 36.2 Å². The molecule has 0 bridgehead atoms. The fraction of sp³-hybridized carbons (Fsp3) is 0.429. The number of benzene rings is 1. The Bertz CT molecular complexity index is 509. The Labute approximate surface area is 106 Å². The zero-order chi connectivity index (χ0) is 12.4.